The lowest BCUT2D eigenvalue weighted by Gasteiger charge is -2.59. The van der Waals surface area contributed by atoms with Crippen LogP contribution in [0.3, 0.4) is 0 Å². The van der Waals surface area contributed by atoms with Crippen molar-refractivity contribution in [2.45, 2.75) is 30.4 Å². The molecule has 395 valence electrons. The van der Waals surface area contributed by atoms with Gasteiger partial charge in [0, 0.05) is 485 Å². The fourth-order valence-corrected chi connectivity index (χ4v) is 15.1. The summed E-state index contributed by atoms with van der Waals surface area (Å²) in [7, 11) is 215. The van der Waals surface area contributed by atoms with Gasteiger partial charge >= 0.3 is 6.16 Å². The number of benzene rings is 3. The van der Waals surface area contributed by atoms with Crippen molar-refractivity contribution in [1.82, 2.24) is 0 Å². The molecule has 0 bridgehead atoms. The average Bonchev–Trinajstić information content (AvgIpc) is 0.723. The summed E-state index contributed by atoms with van der Waals surface area (Å²) >= 11 is 0. The standard InChI is InChI=1S/C15H13NO7S.C8H10O3S.CH4.B65/c1-24(20,21)14-8-2-11(3-9-14)10-22-15(17)23-13-6-4-12(5-7-13)16(18)19;1-12(10,11)8-4-2-7(6-9)3-5-8;;1-34-51(35(2)3)59(50(32)33)63(58(48(28)29)49(30)31)65(62(56(44(20)21)45(22)23)57(46(24)25)47(26)27)64(60(52(36(4)5)37(6)7)53(38(8)9)39(10)11)61(54(40(12)13)41(14)15)55(42(16)17)43(18)19/h2-9H,10H2,1H3;2-5,9H,6H2,1H3;1H4;. The number of aliphatic hydroxyl groups excluding tert-OH is 1. The second-order valence-corrected chi connectivity index (χ2v) is 29.5. The van der Waals surface area contributed by atoms with Gasteiger partial charge in [0.15, 0.2) is 19.7 Å². The molecule has 3 rings (SSSR count). The van der Waals surface area contributed by atoms with Crippen LogP contribution in [0, 0.1) is 10.1 Å². The summed E-state index contributed by atoms with van der Waals surface area (Å²) in [5, 5.41) is 19.2. The molecule has 0 spiro atoms. The van der Waals surface area contributed by atoms with Crippen LogP contribution >= 0.6 is 0 Å². The van der Waals surface area contributed by atoms with E-state index in [1.54, 1.807) is 12.1 Å². The molecule has 78 heteroatoms. The largest absolute Gasteiger partial charge is 0.514 e. The van der Waals surface area contributed by atoms with Gasteiger partial charge in [-0.05, 0) is 47.5 Å². The summed E-state index contributed by atoms with van der Waals surface area (Å²) in [4.78, 5) is 21.9. The zero-order valence-electron chi connectivity index (χ0n) is 56.8. The SMILES string of the molecule is C.CS(=O)(=O)c1ccc(CO)cc1.CS(=O)(=O)c1ccc(COC(=O)Oc2ccc([N+](=O)[O-])cc2)cc1.[B][B]B(B([B])[B])B(B([B])[B])B(B(B([B])[B])B([B])[B])B(B(B(B([B])[B])B([B])[B])B(B([B])[B])B([B])[B])B(B(B(B([B])[B])B([B])[B])B(B([B])[B])B([B])[B])B(B(B([B])[B])B([B])[B])B(B([B])[B])B([B])[B]. The molecule has 0 unspecified atom stereocenters. The number of sulfone groups is 2. The second-order valence-electron chi connectivity index (χ2n) is 25.5. The van der Waals surface area contributed by atoms with Gasteiger partial charge in [-0.15, -0.1) is 0 Å². The molecule has 3 aromatic carbocycles. The highest BCUT2D eigenvalue weighted by atomic mass is 32.2. The minimum atomic E-state index is -3.28. The number of rotatable bonds is 38. The van der Waals surface area contributed by atoms with E-state index in [0.29, 0.717) is 11.1 Å². The van der Waals surface area contributed by atoms with Crippen molar-refractivity contribution < 1.29 is 41.1 Å². The normalized spacial score (nSPS) is 10.1. The Hall–Kier alpha value is 0.411. The topological polar surface area (TPSA) is 167 Å². The minimum absolute atomic E-state index is 0. The van der Waals surface area contributed by atoms with E-state index in [1.807, 2.05) is 0 Å². The van der Waals surface area contributed by atoms with Crippen LogP contribution in [0.4, 0.5) is 10.5 Å². The lowest BCUT2D eigenvalue weighted by atomic mass is 8.22. The number of ether oxygens (including phenoxy) is 2. The second kappa shape index (κ2) is 47.7. The molecule has 67 radical (unpaired) electrons. The molecule has 0 amide bonds. The summed E-state index contributed by atoms with van der Waals surface area (Å²) in [5.41, 5.74) is 1.17. The van der Waals surface area contributed by atoms with Crippen molar-refractivity contribution in [3.8, 4) is 5.75 Å². The predicted molar refractivity (Wildman–Crippen MR) is 510 cm³/mol. The Labute approximate surface area is 669 Å². The van der Waals surface area contributed by atoms with Crippen molar-refractivity contribution in [1.29, 1.82) is 0 Å². The Morgan fingerprint density at radius 3 is 0.804 bits per heavy atom. The number of hydrogen-bond acceptors (Lipinski definition) is 10. The lowest BCUT2D eigenvalue weighted by molar-refractivity contribution is -0.384. The number of nitrogens with zero attached hydrogens (tertiary/aromatic N) is 1. The number of hydrogen-bond donors (Lipinski definition) is 1. The van der Waals surface area contributed by atoms with E-state index in [-0.39, 0.29) is 41.9 Å². The van der Waals surface area contributed by atoms with E-state index in [1.165, 1.54) is 60.7 Å². The molecule has 0 aliphatic carbocycles. The molecule has 0 saturated carbocycles. The van der Waals surface area contributed by atoms with E-state index < -0.39 is 229 Å². The highest BCUT2D eigenvalue weighted by Gasteiger charge is 2.63. The van der Waals surface area contributed by atoms with E-state index in [2.05, 4.69) is 0 Å². The van der Waals surface area contributed by atoms with Gasteiger partial charge in [0.2, 0.25) is 0 Å². The van der Waals surface area contributed by atoms with Crippen LogP contribution < -0.4 is 4.74 Å². The van der Waals surface area contributed by atoms with E-state index in [0.717, 1.165) is 19.6 Å². The number of non-ortho nitro benzene ring substituents is 1. The molecule has 0 aliphatic heterocycles. The van der Waals surface area contributed by atoms with Gasteiger partial charge in [-0.3, -0.25) is 10.1 Å². The molecule has 0 aliphatic rings. The van der Waals surface area contributed by atoms with Crippen LogP contribution in [-0.4, -0.2) is 506 Å². The van der Waals surface area contributed by atoms with Crippen LogP contribution in [0.5, 0.6) is 5.75 Å². The number of nitro benzene ring substituents is 1. The molecule has 1 N–H and O–H groups in total. The van der Waals surface area contributed by atoms with Crippen molar-refractivity contribution in [2.24, 2.45) is 0 Å². The smallest absolute Gasteiger partial charge is 0.429 e. The first-order valence-corrected chi connectivity index (χ1v) is 35.2. The highest BCUT2D eigenvalue weighted by Crippen LogP contribution is 2.26. The molecular weight excluding hydrogens is 1230 g/mol. The lowest BCUT2D eigenvalue weighted by Crippen LogP contribution is -2.98. The van der Waals surface area contributed by atoms with Gasteiger partial charge < -0.3 is 14.6 Å². The zero-order valence-corrected chi connectivity index (χ0v) is 58.4. The van der Waals surface area contributed by atoms with E-state index in [9.17, 15) is 31.7 Å². The summed E-state index contributed by atoms with van der Waals surface area (Å²) in [6, 6.07) is 17.0. The van der Waals surface area contributed by atoms with Crippen molar-refractivity contribution in [3.63, 3.8) is 0 Å². The third-order valence-corrected chi connectivity index (χ3v) is 20.3. The minimum Gasteiger partial charge on any atom is -0.429 e. The quantitative estimate of drug-likeness (QED) is 0.0192. The maximum Gasteiger partial charge on any atom is 0.514 e. The maximum absolute atomic E-state index is 11.6. The first-order chi connectivity index (χ1) is 46.4. The monoisotopic (exact) mass is 1270 g/mol. The summed E-state index contributed by atoms with van der Waals surface area (Å²) in [5.74, 6) is 0.109. The molecule has 102 heavy (non-hydrogen) atoms. The molecule has 0 atom stereocenters. The number of carbonyl (C=O) groups is 1. The highest BCUT2D eigenvalue weighted by molar-refractivity contribution is 8.39. The van der Waals surface area contributed by atoms with Gasteiger partial charge in [-0.25, -0.2) is 21.6 Å². The first kappa shape index (κ1) is 102. The van der Waals surface area contributed by atoms with Crippen LogP contribution in [0.15, 0.2) is 82.6 Å². The maximum atomic E-state index is 11.6. The van der Waals surface area contributed by atoms with Crippen LogP contribution in [0.25, 0.3) is 0 Å². The van der Waals surface area contributed by atoms with Gasteiger partial charge in [0.25, 0.3) is 5.69 Å². The Kier molecular flexibility index (Phi) is 47.9. The molecule has 0 saturated heterocycles. The Morgan fingerprint density at radius 2 is 0.608 bits per heavy atom. The van der Waals surface area contributed by atoms with Crippen LogP contribution in [0.1, 0.15) is 18.6 Å². The summed E-state index contributed by atoms with van der Waals surface area (Å²) < 4.78 is 54.4. The number of carbonyl (C=O) groups excluding carboxylic acids is 1. The van der Waals surface area contributed by atoms with Gasteiger partial charge in [-0.2, -0.15) is 0 Å². The Balaban J connectivity index is 0.00000221. The summed E-state index contributed by atoms with van der Waals surface area (Å²) in [6.07, 6.45) is -44.4. The average molecular weight is 1260 g/mol. The molecule has 0 heterocycles. The van der Waals surface area contributed by atoms with Crippen LogP contribution in [0.2, 0.25) is 0 Å². The summed E-state index contributed by atoms with van der Waals surface area (Å²) in [6.45, 7) is -0.167. The molecule has 3 aromatic rings. The van der Waals surface area contributed by atoms with Gasteiger partial charge in [-0.1, -0.05) is 31.7 Å². The zero-order chi connectivity index (χ0) is 78.5. The molecule has 11 nitrogen and oxygen atoms in total. The third-order valence-electron chi connectivity index (χ3n) is 18.0. The third kappa shape index (κ3) is 30.8. The van der Waals surface area contributed by atoms with E-state index in [4.69, 9.17) is 270 Å². The predicted octanol–water partition coefficient (Wildman–Crippen LogP) is -20.8. The van der Waals surface area contributed by atoms with Crippen molar-refractivity contribution >= 4 is 492 Å². The van der Waals surface area contributed by atoms with Gasteiger partial charge in [0.05, 0.1) is 21.3 Å². The van der Waals surface area contributed by atoms with Crippen molar-refractivity contribution in [2.75, 3.05) is 12.5 Å². The van der Waals surface area contributed by atoms with Crippen molar-refractivity contribution in [3.05, 3.63) is 94.0 Å². The van der Waals surface area contributed by atoms with Gasteiger partial charge in [0.1, 0.15) is 12.4 Å². The number of aliphatic hydroxyl groups is 1. The first-order valence-electron chi connectivity index (χ1n) is 31.4. The fraction of sp³-hybridized carbons (Fsp3) is 0.208. The van der Waals surface area contributed by atoms with Crippen LogP contribution in [-0.2, 0) is 37.6 Å². The Morgan fingerprint density at radius 1 is 0.382 bits per heavy atom. The van der Waals surface area contributed by atoms with E-state index >= 15 is 0 Å². The molecule has 0 fully saturated rings. The molecular formula is C24H27B65NO10S2. The number of nitro groups is 1. The Bertz CT molecular complexity index is 2940. The molecule has 0 aromatic heterocycles. The fourth-order valence-electron chi connectivity index (χ4n) is 13.9.